The standard InChI is InChI=1S/C29H52N2O6/c1-8-9-10-11-12-13-14-15-18-27(2,3)26(35)30-19-16-17-22(25(33)34)20-31-24(32)23-28(4,5)21-36-29(6,7)37-23/h11-12,22-23H,8-10,13-21H2,1-7H3,(H,30,35)(H,31,32)(H,33,34). The molecule has 214 valence electrons. The summed E-state index contributed by atoms with van der Waals surface area (Å²) in [6.07, 6.45) is 12.1. The van der Waals surface area contributed by atoms with Crippen LogP contribution in [-0.4, -0.2) is 54.5 Å². The minimum Gasteiger partial charge on any atom is -0.481 e. The van der Waals surface area contributed by atoms with Crippen LogP contribution in [0.1, 0.15) is 106 Å². The zero-order chi connectivity index (χ0) is 28.1. The van der Waals surface area contributed by atoms with E-state index in [1.54, 1.807) is 13.8 Å². The van der Waals surface area contributed by atoms with Gasteiger partial charge in [0, 0.05) is 23.9 Å². The minimum atomic E-state index is -0.969. The molecule has 0 saturated carbocycles. The van der Waals surface area contributed by atoms with Crippen molar-refractivity contribution in [3.8, 4) is 0 Å². The molecule has 1 saturated heterocycles. The number of allylic oxidation sites excluding steroid dienone is 2. The fourth-order valence-corrected chi connectivity index (χ4v) is 4.24. The van der Waals surface area contributed by atoms with E-state index in [9.17, 15) is 19.5 Å². The van der Waals surface area contributed by atoms with Gasteiger partial charge in [-0.1, -0.05) is 66.0 Å². The van der Waals surface area contributed by atoms with Gasteiger partial charge >= 0.3 is 5.97 Å². The summed E-state index contributed by atoms with van der Waals surface area (Å²) in [5, 5.41) is 15.3. The van der Waals surface area contributed by atoms with Crippen LogP contribution in [0.2, 0.25) is 0 Å². The van der Waals surface area contributed by atoms with E-state index in [0.717, 1.165) is 32.1 Å². The quantitative estimate of drug-likeness (QED) is 0.178. The second-order valence-electron chi connectivity index (χ2n) is 12.1. The summed E-state index contributed by atoms with van der Waals surface area (Å²) in [5.74, 6) is -2.92. The number of carboxylic acids is 1. The summed E-state index contributed by atoms with van der Waals surface area (Å²) in [6, 6.07) is 0. The molecule has 1 heterocycles. The lowest BCUT2D eigenvalue weighted by atomic mass is 9.85. The van der Waals surface area contributed by atoms with E-state index in [1.165, 1.54) is 12.8 Å². The van der Waals surface area contributed by atoms with Gasteiger partial charge in [0.05, 0.1) is 12.5 Å². The van der Waals surface area contributed by atoms with Crippen LogP contribution < -0.4 is 10.6 Å². The van der Waals surface area contributed by atoms with Crippen LogP contribution >= 0.6 is 0 Å². The Hall–Kier alpha value is -1.93. The highest BCUT2D eigenvalue weighted by Crippen LogP contribution is 2.35. The molecule has 2 amide bonds. The lowest BCUT2D eigenvalue weighted by Crippen LogP contribution is -2.57. The first-order chi connectivity index (χ1) is 17.2. The molecule has 8 nitrogen and oxygen atoms in total. The number of nitrogens with one attached hydrogen (secondary N) is 2. The van der Waals surface area contributed by atoms with Crippen molar-refractivity contribution in [2.75, 3.05) is 19.7 Å². The van der Waals surface area contributed by atoms with Crippen LogP contribution in [0.3, 0.4) is 0 Å². The molecule has 1 aliphatic heterocycles. The second kappa shape index (κ2) is 15.5. The largest absolute Gasteiger partial charge is 0.481 e. The highest BCUT2D eigenvalue weighted by molar-refractivity contribution is 5.82. The Bertz CT molecular complexity index is 759. The Labute approximate surface area is 224 Å². The number of amides is 2. The van der Waals surface area contributed by atoms with Gasteiger partial charge in [-0.05, 0) is 52.4 Å². The summed E-state index contributed by atoms with van der Waals surface area (Å²) in [6.45, 7) is 14.2. The molecule has 0 aliphatic carbocycles. The minimum absolute atomic E-state index is 0.00678. The van der Waals surface area contributed by atoms with Crippen LogP contribution in [-0.2, 0) is 23.9 Å². The molecule has 0 bridgehead atoms. The fourth-order valence-electron chi connectivity index (χ4n) is 4.24. The maximum absolute atomic E-state index is 12.8. The van der Waals surface area contributed by atoms with E-state index in [2.05, 4.69) is 29.7 Å². The van der Waals surface area contributed by atoms with Crippen molar-refractivity contribution in [3.63, 3.8) is 0 Å². The highest BCUT2D eigenvalue weighted by Gasteiger charge is 2.45. The number of unbranched alkanes of at least 4 members (excludes halogenated alkanes) is 4. The third-order valence-corrected chi connectivity index (χ3v) is 6.96. The molecule has 2 atom stereocenters. The molecule has 1 rings (SSSR count). The van der Waals surface area contributed by atoms with Crippen molar-refractivity contribution < 1.29 is 29.0 Å². The van der Waals surface area contributed by atoms with E-state index in [-0.39, 0.29) is 18.4 Å². The molecule has 8 heteroatoms. The molecule has 0 radical (unpaired) electrons. The number of carboxylic acid groups (broad SMARTS) is 1. The molecule has 0 aromatic rings. The zero-order valence-corrected chi connectivity index (χ0v) is 24.3. The Morgan fingerprint density at radius 1 is 1.03 bits per heavy atom. The first-order valence-electron chi connectivity index (χ1n) is 14.0. The number of carbonyl (C=O) groups is 3. The van der Waals surface area contributed by atoms with Crippen LogP contribution in [0.25, 0.3) is 0 Å². The summed E-state index contributed by atoms with van der Waals surface area (Å²) in [4.78, 5) is 37.2. The summed E-state index contributed by atoms with van der Waals surface area (Å²) in [7, 11) is 0. The molecule has 37 heavy (non-hydrogen) atoms. The van der Waals surface area contributed by atoms with E-state index >= 15 is 0 Å². The maximum atomic E-state index is 12.8. The topological polar surface area (TPSA) is 114 Å². The van der Waals surface area contributed by atoms with Gasteiger partial charge in [0.1, 0.15) is 6.10 Å². The predicted octanol–water partition coefficient (Wildman–Crippen LogP) is 5.21. The number of aliphatic carboxylic acids is 1. The Morgan fingerprint density at radius 3 is 2.30 bits per heavy atom. The lowest BCUT2D eigenvalue weighted by Gasteiger charge is -2.44. The van der Waals surface area contributed by atoms with Gasteiger partial charge in [0.25, 0.3) is 0 Å². The number of hydrogen-bond donors (Lipinski definition) is 3. The van der Waals surface area contributed by atoms with Crippen molar-refractivity contribution in [2.24, 2.45) is 16.7 Å². The van der Waals surface area contributed by atoms with E-state index in [1.807, 2.05) is 27.7 Å². The predicted molar refractivity (Wildman–Crippen MR) is 146 cm³/mol. The fraction of sp³-hybridized carbons (Fsp3) is 0.828. The SMILES string of the molecule is CCCCC=CCCCCC(C)(C)C(=O)NCCCC(CNC(=O)C1OC(C)(C)OCC1(C)C)C(=O)O. The lowest BCUT2D eigenvalue weighted by molar-refractivity contribution is -0.304. The molecule has 0 aromatic carbocycles. The number of rotatable bonds is 17. The third kappa shape index (κ3) is 12.4. The summed E-state index contributed by atoms with van der Waals surface area (Å²) >= 11 is 0. The van der Waals surface area contributed by atoms with Gasteiger partial charge in [-0.3, -0.25) is 14.4 Å². The van der Waals surface area contributed by atoms with Crippen LogP contribution in [0.5, 0.6) is 0 Å². The second-order valence-corrected chi connectivity index (χ2v) is 12.1. The van der Waals surface area contributed by atoms with Crippen molar-refractivity contribution in [3.05, 3.63) is 12.2 Å². The van der Waals surface area contributed by atoms with Crippen molar-refractivity contribution in [2.45, 2.75) is 118 Å². The Kier molecular flexibility index (Phi) is 13.8. The Balaban J connectivity index is 2.38. The molecular formula is C29H52N2O6. The third-order valence-electron chi connectivity index (χ3n) is 6.96. The number of carbonyl (C=O) groups excluding carboxylic acids is 2. The van der Waals surface area contributed by atoms with Crippen LogP contribution in [0.4, 0.5) is 0 Å². The van der Waals surface area contributed by atoms with Gasteiger partial charge in [-0.25, -0.2) is 0 Å². The maximum Gasteiger partial charge on any atom is 0.308 e. The van der Waals surface area contributed by atoms with Gasteiger partial charge in [0.2, 0.25) is 11.8 Å². The molecule has 1 fully saturated rings. The van der Waals surface area contributed by atoms with E-state index in [4.69, 9.17) is 9.47 Å². The molecular weight excluding hydrogens is 472 g/mol. The van der Waals surface area contributed by atoms with Crippen LogP contribution in [0.15, 0.2) is 12.2 Å². The number of hydrogen-bond acceptors (Lipinski definition) is 5. The first kappa shape index (κ1) is 33.1. The smallest absolute Gasteiger partial charge is 0.308 e. The molecule has 1 aliphatic rings. The summed E-state index contributed by atoms with van der Waals surface area (Å²) in [5.41, 5.74) is -0.989. The van der Waals surface area contributed by atoms with Gasteiger partial charge < -0.3 is 25.2 Å². The van der Waals surface area contributed by atoms with E-state index < -0.39 is 34.6 Å². The monoisotopic (exact) mass is 524 g/mol. The Morgan fingerprint density at radius 2 is 1.68 bits per heavy atom. The van der Waals surface area contributed by atoms with Gasteiger partial charge in [0.15, 0.2) is 5.79 Å². The zero-order valence-electron chi connectivity index (χ0n) is 24.3. The average Bonchev–Trinajstić information content (AvgIpc) is 2.81. The average molecular weight is 525 g/mol. The molecule has 0 spiro atoms. The van der Waals surface area contributed by atoms with Crippen molar-refractivity contribution in [1.29, 1.82) is 0 Å². The van der Waals surface area contributed by atoms with Gasteiger partial charge in [-0.2, -0.15) is 0 Å². The molecule has 3 N–H and O–H groups in total. The van der Waals surface area contributed by atoms with Crippen molar-refractivity contribution >= 4 is 17.8 Å². The molecule has 2 unspecified atom stereocenters. The van der Waals surface area contributed by atoms with E-state index in [0.29, 0.717) is 26.0 Å². The normalized spacial score (nSPS) is 19.9. The molecule has 0 aromatic heterocycles. The summed E-state index contributed by atoms with van der Waals surface area (Å²) < 4.78 is 11.5. The number of ether oxygens (including phenoxy) is 2. The highest BCUT2D eigenvalue weighted by atomic mass is 16.7. The van der Waals surface area contributed by atoms with Crippen LogP contribution in [0, 0.1) is 16.7 Å². The first-order valence-corrected chi connectivity index (χ1v) is 14.0. The van der Waals surface area contributed by atoms with Gasteiger partial charge in [-0.15, -0.1) is 0 Å². The van der Waals surface area contributed by atoms with Crippen molar-refractivity contribution in [1.82, 2.24) is 10.6 Å².